The van der Waals surface area contributed by atoms with E-state index in [-0.39, 0.29) is 6.61 Å². The summed E-state index contributed by atoms with van der Waals surface area (Å²) < 4.78 is 5.37. The van der Waals surface area contributed by atoms with Gasteiger partial charge in [0.15, 0.2) is 5.60 Å². The van der Waals surface area contributed by atoms with E-state index in [9.17, 15) is 19.5 Å². The van der Waals surface area contributed by atoms with Crippen molar-refractivity contribution in [1.82, 2.24) is 4.90 Å². The Balaban J connectivity index is 0.000000385. The fourth-order valence-electron chi connectivity index (χ4n) is 3.18. The summed E-state index contributed by atoms with van der Waals surface area (Å²) >= 11 is 1.76. The van der Waals surface area contributed by atoms with E-state index in [1.807, 2.05) is 6.07 Å². The molecule has 5 N–H and O–H groups in total. The minimum atomic E-state index is -2.74. The van der Waals surface area contributed by atoms with Gasteiger partial charge in [-0.2, -0.15) is 0 Å². The number of nitrogens with zero attached hydrogens (tertiary/aromatic N) is 1. The zero-order valence-electron chi connectivity index (χ0n) is 19.4. The number of thiophene rings is 1. The van der Waals surface area contributed by atoms with Crippen molar-refractivity contribution in [3.63, 3.8) is 0 Å². The number of aliphatic hydroxyl groups is 2. The lowest BCUT2D eigenvalue weighted by molar-refractivity contribution is -0.170. The van der Waals surface area contributed by atoms with Crippen molar-refractivity contribution in [2.24, 2.45) is 0 Å². The van der Waals surface area contributed by atoms with Crippen molar-refractivity contribution < 1.29 is 44.7 Å². The quantitative estimate of drug-likeness (QED) is 0.293. The van der Waals surface area contributed by atoms with Crippen LogP contribution in [0.1, 0.15) is 34.4 Å². The number of methoxy groups -OCH3 is 1. The van der Waals surface area contributed by atoms with Gasteiger partial charge < -0.3 is 30.3 Å². The number of hydrogen-bond acceptors (Lipinski definition) is 8. The van der Waals surface area contributed by atoms with Crippen LogP contribution in [0.15, 0.2) is 29.6 Å². The Morgan fingerprint density at radius 3 is 2.06 bits per heavy atom. The van der Waals surface area contributed by atoms with E-state index in [2.05, 4.69) is 42.3 Å². The molecule has 0 saturated heterocycles. The second-order valence-corrected chi connectivity index (χ2v) is 8.70. The number of carbonyl (C=O) groups is 3. The third-order valence-electron chi connectivity index (χ3n) is 5.12. The maximum Gasteiger partial charge on any atom is 0.336 e. The lowest BCUT2D eigenvalue weighted by Gasteiger charge is -2.22. The summed E-state index contributed by atoms with van der Waals surface area (Å²) in [4.78, 5) is 34.1. The molecule has 34 heavy (non-hydrogen) atoms. The molecular formula is C23H31NO9S. The average molecular weight is 498 g/mol. The molecule has 0 radical (unpaired) electrons. The number of ether oxygens (including phenoxy) is 1. The molecule has 0 aliphatic rings. The van der Waals surface area contributed by atoms with E-state index >= 15 is 0 Å². The second kappa shape index (κ2) is 13.7. The van der Waals surface area contributed by atoms with Crippen molar-refractivity contribution in [1.29, 1.82) is 0 Å². The predicted molar refractivity (Wildman–Crippen MR) is 125 cm³/mol. The summed E-state index contributed by atoms with van der Waals surface area (Å²) in [7, 11) is 1.70. The molecule has 0 spiro atoms. The van der Waals surface area contributed by atoms with Gasteiger partial charge in [-0.25, -0.2) is 4.79 Å². The van der Waals surface area contributed by atoms with Crippen molar-refractivity contribution >= 4 is 29.2 Å². The lowest BCUT2D eigenvalue weighted by Crippen LogP contribution is -2.42. The van der Waals surface area contributed by atoms with Crippen LogP contribution in [-0.4, -0.2) is 74.2 Å². The van der Waals surface area contributed by atoms with E-state index < -0.39 is 36.4 Å². The summed E-state index contributed by atoms with van der Waals surface area (Å²) in [6, 6.07) is 8.36. The highest BCUT2D eigenvalue weighted by atomic mass is 32.1. The number of aliphatic hydroxyl groups excluding tert-OH is 1. The van der Waals surface area contributed by atoms with Crippen LogP contribution in [0.5, 0.6) is 5.75 Å². The monoisotopic (exact) mass is 497 g/mol. The molecule has 1 heterocycles. The zero-order chi connectivity index (χ0) is 25.9. The number of hydrogen-bond donors (Lipinski definition) is 5. The fraction of sp³-hybridized carbons (Fsp3) is 0.435. The molecule has 0 atom stereocenters. The van der Waals surface area contributed by atoms with Gasteiger partial charge in [0.1, 0.15) is 5.75 Å². The van der Waals surface area contributed by atoms with E-state index in [1.165, 1.54) is 21.6 Å². The van der Waals surface area contributed by atoms with Gasteiger partial charge in [-0.3, -0.25) is 14.5 Å². The number of benzene rings is 1. The summed E-state index contributed by atoms with van der Waals surface area (Å²) in [6.07, 6.45) is -2.29. The van der Waals surface area contributed by atoms with E-state index in [0.717, 1.165) is 18.8 Å². The average Bonchev–Trinajstić information content (AvgIpc) is 3.24. The van der Waals surface area contributed by atoms with Crippen LogP contribution in [0.2, 0.25) is 0 Å². The molecule has 0 saturated carbocycles. The highest BCUT2D eigenvalue weighted by molar-refractivity contribution is 7.09. The van der Waals surface area contributed by atoms with E-state index in [0.29, 0.717) is 6.54 Å². The van der Waals surface area contributed by atoms with Gasteiger partial charge in [-0.05, 0) is 48.1 Å². The standard InChI is InChI=1S/C17H23NO2S.C6H8O7/c1-13-14(2)17(20-3)7-6-15(13)11-18(8-9-19)12-16-5-4-10-21-16;7-3(8)1-6(13,5(11)12)2-4(9)10/h4-7,10,19H,8-9,11-12H2,1-3H3;13H,1-2H2,(H,7,8)(H,9,10)(H,11,12). The van der Waals surface area contributed by atoms with Crippen LogP contribution in [0.3, 0.4) is 0 Å². The topological polar surface area (TPSA) is 165 Å². The Morgan fingerprint density at radius 1 is 1.00 bits per heavy atom. The van der Waals surface area contributed by atoms with E-state index in [4.69, 9.17) is 25.2 Å². The third-order valence-corrected chi connectivity index (χ3v) is 5.99. The first kappa shape index (κ1) is 29.0. The molecule has 0 aliphatic carbocycles. The molecule has 1 aromatic carbocycles. The van der Waals surface area contributed by atoms with Gasteiger partial charge in [-0.1, -0.05) is 12.1 Å². The molecular weight excluding hydrogens is 466 g/mol. The zero-order valence-corrected chi connectivity index (χ0v) is 20.2. The number of carboxylic acid groups (broad SMARTS) is 3. The van der Waals surface area contributed by atoms with Crippen molar-refractivity contribution in [2.75, 3.05) is 20.3 Å². The van der Waals surface area contributed by atoms with Crippen LogP contribution in [0.4, 0.5) is 0 Å². The fourth-order valence-corrected chi connectivity index (χ4v) is 3.92. The first-order chi connectivity index (χ1) is 15.9. The molecule has 10 nitrogen and oxygen atoms in total. The second-order valence-electron chi connectivity index (χ2n) is 7.67. The van der Waals surface area contributed by atoms with Crippen molar-refractivity contribution in [3.05, 3.63) is 51.2 Å². The molecule has 0 aliphatic heterocycles. The van der Waals surface area contributed by atoms with E-state index in [1.54, 1.807) is 18.4 Å². The van der Waals surface area contributed by atoms with Gasteiger partial charge >= 0.3 is 17.9 Å². The molecule has 2 aromatic rings. The predicted octanol–water partition coefficient (Wildman–Crippen LogP) is 2.12. The van der Waals surface area contributed by atoms with Crippen molar-refractivity contribution in [2.45, 2.75) is 45.4 Å². The third kappa shape index (κ3) is 9.10. The summed E-state index contributed by atoms with van der Waals surface area (Å²) in [6.45, 7) is 6.81. The molecule has 0 fully saturated rings. The highest BCUT2D eigenvalue weighted by Crippen LogP contribution is 2.25. The van der Waals surface area contributed by atoms with Gasteiger partial charge in [0.2, 0.25) is 0 Å². The SMILES string of the molecule is COc1ccc(CN(CCO)Cc2cccs2)c(C)c1C.O=C(O)CC(O)(CC(=O)O)C(=O)O. The molecule has 11 heteroatoms. The maximum atomic E-state index is 10.3. The van der Waals surface area contributed by atoms with Crippen LogP contribution in [0, 0.1) is 13.8 Å². The molecule has 188 valence electrons. The van der Waals surface area contributed by atoms with Gasteiger partial charge in [0.25, 0.3) is 0 Å². The maximum absolute atomic E-state index is 10.3. The lowest BCUT2D eigenvalue weighted by atomic mass is 9.96. The van der Waals surface area contributed by atoms with Crippen LogP contribution < -0.4 is 4.74 Å². The minimum absolute atomic E-state index is 0.180. The van der Waals surface area contributed by atoms with Gasteiger partial charge in [-0.15, -0.1) is 11.3 Å². The molecule has 1 aromatic heterocycles. The number of rotatable bonds is 12. The van der Waals surface area contributed by atoms with Crippen LogP contribution in [-0.2, 0) is 27.5 Å². The molecule has 0 bridgehead atoms. The number of aliphatic carboxylic acids is 3. The normalized spacial score (nSPS) is 11.0. The highest BCUT2D eigenvalue weighted by Gasteiger charge is 2.40. The Hall–Kier alpha value is -2.99. The molecule has 2 rings (SSSR count). The van der Waals surface area contributed by atoms with Gasteiger partial charge in [0.05, 0.1) is 26.6 Å². The van der Waals surface area contributed by atoms with Gasteiger partial charge in [0, 0.05) is 24.5 Å². The summed E-state index contributed by atoms with van der Waals surface area (Å²) in [5, 5.41) is 45.2. The van der Waals surface area contributed by atoms with Crippen LogP contribution >= 0.6 is 11.3 Å². The first-order valence-corrected chi connectivity index (χ1v) is 11.2. The summed E-state index contributed by atoms with van der Waals surface area (Å²) in [5.74, 6) is -4.09. The Bertz CT molecular complexity index is 944. The molecule has 0 unspecified atom stereocenters. The smallest absolute Gasteiger partial charge is 0.336 e. The Morgan fingerprint density at radius 2 is 1.62 bits per heavy atom. The Labute approximate surface area is 201 Å². The first-order valence-electron chi connectivity index (χ1n) is 10.3. The summed E-state index contributed by atoms with van der Waals surface area (Å²) in [5.41, 5.74) is 1.01. The largest absolute Gasteiger partial charge is 0.496 e. The molecule has 0 amide bonds. The van der Waals surface area contributed by atoms with Crippen LogP contribution in [0.25, 0.3) is 0 Å². The number of carboxylic acids is 3. The van der Waals surface area contributed by atoms with Crippen molar-refractivity contribution in [3.8, 4) is 5.75 Å². The minimum Gasteiger partial charge on any atom is -0.496 e. The Kier molecular flexibility index (Phi) is 11.7.